The van der Waals surface area contributed by atoms with Crippen LogP contribution in [0, 0.1) is 17.5 Å². The summed E-state index contributed by atoms with van der Waals surface area (Å²) in [5.41, 5.74) is 1.23. The number of imidazole rings is 1. The molecule has 1 N–H and O–H groups in total. The van der Waals surface area contributed by atoms with E-state index in [1.165, 1.54) is 29.2 Å². The van der Waals surface area contributed by atoms with Gasteiger partial charge in [-0.3, -0.25) is 0 Å². The van der Waals surface area contributed by atoms with E-state index < -0.39 is 17.5 Å². The predicted molar refractivity (Wildman–Crippen MR) is 110 cm³/mol. The van der Waals surface area contributed by atoms with Crippen LogP contribution in [0.3, 0.4) is 0 Å². The van der Waals surface area contributed by atoms with Crippen molar-refractivity contribution in [2.24, 2.45) is 0 Å². The molecule has 0 spiro atoms. The minimum atomic E-state index is -0.928. The molecule has 31 heavy (non-hydrogen) atoms. The maximum Gasteiger partial charge on any atom is 0.248 e. The molecule has 2 aromatic carbocycles. The van der Waals surface area contributed by atoms with Gasteiger partial charge in [0.25, 0.3) is 0 Å². The van der Waals surface area contributed by atoms with Crippen molar-refractivity contribution in [1.29, 1.82) is 0 Å². The topological polar surface area (TPSA) is 63.8 Å². The summed E-state index contributed by atoms with van der Waals surface area (Å²) in [6, 6.07) is 8.28. The van der Waals surface area contributed by atoms with Crippen molar-refractivity contribution >= 4 is 34.9 Å². The van der Waals surface area contributed by atoms with Gasteiger partial charge in [0.2, 0.25) is 11.9 Å². The molecule has 0 bridgehead atoms. The summed E-state index contributed by atoms with van der Waals surface area (Å²) in [5.74, 6) is -1.56. The molecule has 3 heterocycles. The third-order valence-electron chi connectivity index (χ3n) is 4.89. The molecule has 0 saturated heterocycles. The van der Waals surface area contributed by atoms with E-state index in [1.54, 1.807) is 21.7 Å². The van der Waals surface area contributed by atoms with Crippen LogP contribution in [0.1, 0.15) is 6.42 Å². The van der Waals surface area contributed by atoms with Crippen LogP contribution >= 0.6 is 11.6 Å². The number of aryl methyl sites for hydroxylation is 1. The van der Waals surface area contributed by atoms with Crippen LogP contribution < -0.4 is 10.2 Å². The van der Waals surface area contributed by atoms with Gasteiger partial charge in [-0.2, -0.15) is 4.98 Å². The van der Waals surface area contributed by atoms with Gasteiger partial charge in [0, 0.05) is 36.7 Å². The molecule has 7 nitrogen and oxygen atoms in total. The van der Waals surface area contributed by atoms with Crippen molar-refractivity contribution in [3.05, 3.63) is 71.5 Å². The molecule has 5 rings (SSSR count). The number of hydrogen-bond acceptors (Lipinski definition) is 5. The van der Waals surface area contributed by atoms with Crippen molar-refractivity contribution in [2.75, 3.05) is 16.8 Å². The zero-order valence-corrected chi connectivity index (χ0v) is 16.7. The maximum atomic E-state index is 14.6. The summed E-state index contributed by atoms with van der Waals surface area (Å²) in [6.45, 7) is 1.21. The Morgan fingerprint density at radius 1 is 0.968 bits per heavy atom. The molecule has 4 aromatic rings. The first-order valence-corrected chi connectivity index (χ1v) is 9.79. The van der Waals surface area contributed by atoms with E-state index in [1.807, 2.05) is 0 Å². The Labute approximate surface area is 179 Å². The number of halogens is 4. The summed E-state index contributed by atoms with van der Waals surface area (Å²) in [4.78, 5) is 10.1. The highest BCUT2D eigenvalue weighted by Gasteiger charge is 2.23. The zero-order valence-electron chi connectivity index (χ0n) is 15.9. The molecule has 1 aliphatic rings. The van der Waals surface area contributed by atoms with Gasteiger partial charge in [-0.25, -0.2) is 22.8 Å². The van der Waals surface area contributed by atoms with Crippen molar-refractivity contribution in [1.82, 2.24) is 24.3 Å². The van der Waals surface area contributed by atoms with E-state index in [4.69, 9.17) is 11.6 Å². The van der Waals surface area contributed by atoms with E-state index in [0.29, 0.717) is 36.1 Å². The van der Waals surface area contributed by atoms with Gasteiger partial charge in [0.05, 0.1) is 5.69 Å². The predicted octanol–water partition coefficient (Wildman–Crippen LogP) is 4.82. The zero-order chi connectivity index (χ0) is 21.5. The Balaban J connectivity index is 1.41. The molecule has 0 radical (unpaired) electrons. The van der Waals surface area contributed by atoms with E-state index in [2.05, 4.69) is 20.4 Å². The highest BCUT2D eigenvalue weighted by molar-refractivity contribution is 6.29. The van der Waals surface area contributed by atoms with Crippen LogP contribution in [0.5, 0.6) is 0 Å². The lowest BCUT2D eigenvalue weighted by atomic mass is 10.2. The summed E-state index contributed by atoms with van der Waals surface area (Å²) in [5, 5.41) is 7.65. The van der Waals surface area contributed by atoms with Gasteiger partial charge in [0.15, 0.2) is 11.6 Å². The number of nitrogens with one attached hydrogen (secondary N) is 1. The molecule has 0 atom stereocenters. The molecule has 1 aliphatic heterocycles. The van der Waals surface area contributed by atoms with Crippen molar-refractivity contribution in [3.8, 4) is 5.69 Å². The molecule has 0 fully saturated rings. The van der Waals surface area contributed by atoms with Gasteiger partial charge >= 0.3 is 0 Å². The lowest BCUT2D eigenvalue weighted by Gasteiger charge is -2.27. The lowest BCUT2D eigenvalue weighted by molar-refractivity contribution is 0.506. The molecular weight excluding hydrogens is 431 g/mol. The molecule has 2 aromatic heterocycles. The van der Waals surface area contributed by atoms with Crippen LogP contribution in [0.2, 0.25) is 5.15 Å². The van der Waals surface area contributed by atoms with Crippen LogP contribution in [0.25, 0.3) is 5.69 Å². The Kier molecular flexibility index (Phi) is 4.78. The molecular formula is C20H15ClF3N7. The number of hydrogen-bond donors (Lipinski definition) is 1. The summed E-state index contributed by atoms with van der Waals surface area (Å²) in [7, 11) is 0. The third kappa shape index (κ3) is 3.70. The van der Waals surface area contributed by atoms with Gasteiger partial charge in [-0.1, -0.05) is 11.6 Å². The number of anilines is 4. The highest BCUT2D eigenvalue weighted by atomic mass is 35.5. The summed E-state index contributed by atoms with van der Waals surface area (Å²) < 4.78 is 44.7. The second-order valence-electron chi connectivity index (χ2n) is 6.96. The van der Waals surface area contributed by atoms with Crippen molar-refractivity contribution < 1.29 is 13.2 Å². The molecule has 158 valence electrons. The SMILES string of the molecule is Fc1ccc(N2CCCn3nc(Nc4ccc(-n5cnc(Cl)c5)c(F)c4)nc32)cc1F. The lowest BCUT2D eigenvalue weighted by Crippen LogP contribution is -2.28. The highest BCUT2D eigenvalue weighted by Crippen LogP contribution is 2.30. The normalized spacial score (nSPS) is 13.4. The van der Waals surface area contributed by atoms with Crippen molar-refractivity contribution in [2.45, 2.75) is 13.0 Å². The Hall–Kier alpha value is -3.53. The van der Waals surface area contributed by atoms with Crippen LogP contribution in [0.4, 0.5) is 36.4 Å². The van der Waals surface area contributed by atoms with Gasteiger partial charge in [-0.15, -0.1) is 5.10 Å². The fraction of sp³-hybridized carbons (Fsp3) is 0.150. The van der Waals surface area contributed by atoms with Gasteiger partial charge in [-0.05, 0) is 36.8 Å². The Morgan fingerprint density at radius 3 is 2.58 bits per heavy atom. The number of benzene rings is 2. The average Bonchev–Trinajstić information content (AvgIpc) is 3.35. The van der Waals surface area contributed by atoms with Crippen molar-refractivity contribution in [3.63, 3.8) is 0 Å². The first kappa shape index (κ1) is 19.4. The second kappa shape index (κ2) is 7.62. The Morgan fingerprint density at radius 2 is 1.84 bits per heavy atom. The Bertz CT molecular complexity index is 1270. The van der Waals surface area contributed by atoms with E-state index in [9.17, 15) is 13.2 Å². The summed E-state index contributed by atoms with van der Waals surface area (Å²) in [6.07, 6.45) is 3.68. The monoisotopic (exact) mass is 445 g/mol. The molecule has 0 amide bonds. The number of nitrogens with zero attached hydrogens (tertiary/aromatic N) is 6. The maximum absolute atomic E-state index is 14.6. The number of aromatic nitrogens is 5. The minimum Gasteiger partial charge on any atom is -0.323 e. The third-order valence-corrected chi connectivity index (χ3v) is 5.09. The standard InChI is InChI=1S/C20H15ClF3N7/c21-18-10-29(11-25-18)17-5-2-12(8-16(17)24)26-19-27-20-30(6-1-7-31(20)28-19)13-3-4-14(22)15(23)9-13/h2-5,8-11H,1,6-7H2,(H,26,28). The number of rotatable bonds is 4. The van der Waals surface area contributed by atoms with Crippen LogP contribution in [-0.4, -0.2) is 30.9 Å². The first-order chi connectivity index (χ1) is 15.0. The van der Waals surface area contributed by atoms with Crippen LogP contribution in [-0.2, 0) is 6.54 Å². The molecule has 0 unspecified atom stereocenters. The average molecular weight is 446 g/mol. The first-order valence-electron chi connectivity index (χ1n) is 9.42. The minimum absolute atomic E-state index is 0.264. The quantitative estimate of drug-likeness (QED) is 0.488. The number of fused-ring (bicyclic) bond motifs is 1. The van der Waals surface area contributed by atoms with Crippen LogP contribution in [0.15, 0.2) is 48.9 Å². The van der Waals surface area contributed by atoms with E-state index in [-0.39, 0.29) is 11.1 Å². The van der Waals surface area contributed by atoms with Gasteiger partial charge in [0.1, 0.15) is 17.3 Å². The largest absolute Gasteiger partial charge is 0.323 e. The van der Waals surface area contributed by atoms with Gasteiger partial charge < -0.3 is 14.8 Å². The molecule has 0 saturated carbocycles. The van der Waals surface area contributed by atoms with E-state index in [0.717, 1.165) is 18.6 Å². The fourth-order valence-corrected chi connectivity index (χ4v) is 3.62. The summed E-state index contributed by atoms with van der Waals surface area (Å²) >= 11 is 5.79. The second-order valence-corrected chi connectivity index (χ2v) is 7.34. The fourth-order valence-electron chi connectivity index (χ4n) is 3.47. The smallest absolute Gasteiger partial charge is 0.248 e. The molecule has 11 heteroatoms. The van der Waals surface area contributed by atoms with E-state index >= 15 is 0 Å². The molecule has 0 aliphatic carbocycles.